The van der Waals surface area contributed by atoms with E-state index in [-0.39, 0.29) is 61.4 Å². The monoisotopic (exact) mass is 906 g/mol. The summed E-state index contributed by atoms with van der Waals surface area (Å²) in [7, 11) is 1.92. The van der Waals surface area contributed by atoms with Crippen molar-refractivity contribution < 1.29 is 44.6 Å². The molecule has 2 spiro atoms. The van der Waals surface area contributed by atoms with Crippen LogP contribution >= 0.6 is 0 Å². The van der Waals surface area contributed by atoms with E-state index in [2.05, 4.69) is 24.1 Å². The van der Waals surface area contributed by atoms with E-state index < -0.39 is 57.0 Å². The summed E-state index contributed by atoms with van der Waals surface area (Å²) < 4.78 is 13.3. The molecule has 12 aliphatic rings. The highest BCUT2D eigenvalue weighted by Crippen LogP contribution is 2.82. The molecule has 18 unspecified atom stereocenters. The van der Waals surface area contributed by atoms with Crippen LogP contribution in [-0.4, -0.2) is 93.1 Å². The Bertz CT molecular complexity index is 2250. The first kappa shape index (κ1) is 44.6. The van der Waals surface area contributed by atoms with Crippen molar-refractivity contribution in [2.45, 2.75) is 177 Å². The van der Waals surface area contributed by atoms with Gasteiger partial charge in [0.05, 0.1) is 35.9 Å². The summed E-state index contributed by atoms with van der Waals surface area (Å²) in [5.41, 5.74) is -5.52. The minimum absolute atomic E-state index is 0.128. The third-order valence-corrected chi connectivity index (χ3v) is 23.2. The maximum atomic E-state index is 15.0. The van der Waals surface area contributed by atoms with Gasteiger partial charge in [0.1, 0.15) is 18.0 Å². The lowest BCUT2D eigenvalue weighted by molar-refractivity contribution is -0.366. The number of likely N-dealkylation sites (N-methyl/N-ethyl adjacent to an activating group) is 1. The zero-order valence-corrected chi connectivity index (χ0v) is 39.4. The van der Waals surface area contributed by atoms with Crippen LogP contribution in [0.1, 0.15) is 146 Å². The number of ether oxygens (including phenoxy) is 2. The average Bonchev–Trinajstić information content (AvgIpc) is 4.11. The zero-order valence-electron chi connectivity index (χ0n) is 39.4. The Kier molecular flexibility index (Phi) is 10.4. The Balaban J connectivity index is 1.06. The van der Waals surface area contributed by atoms with Gasteiger partial charge in [-0.3, -0.25) is 0 Å². The van der Waals surface area contributed by atoms with Crippen molar-refractivity contribution >= 4 is 12.3 Å². The van der Waals surface area contributed by atoms with Crippen LogP contribution in [0.2, 0.25) is 0 Å². The highest BCUT2D eigenvalue weighted by molar-refractivity contribution is 5.87. The molecule has 1 saturated heterocycles. The average molecular weight is 906 g/mol. The van der Waals surface area contributed by atoms with Gasteiger partial charge in [0.2, 0.25) is 0 Å². The molecule has 13 rings (SSSR count). The first-order valence-electron chi connectivity index (χ1n) is 26.5. The topological polar surface area (TPSA) is 166 Å². The molecule has 1 aromatic carbocycles. The standard InChI is InChI=1S/C56H75NO9/c1-33(34-9-3-4-10-34)36-15-16-43-49-50(19-8-14-38(50)18-22-65-49)30-51(31-59)46-17-21-52-20-6-5-11-35-12-7-13-37(29-58)41(35)25-45(57-2)42-24-39(53(52,32-60)44-26-47(61)66-48(42)44)28-55(52,63)54(46,62)27-40(23-36)56(43,51)64/h7,12-13,26,31,33-34,36,38-40,42-43,45-46,48-49,57-58,60,62-64H,3-4,6,8-10,14-25,27-30,32H2,1-2H3. The van der Waals surface area contributed by atoms with Crippen molar-refractivity contribution in [3.05, 3.63) is 46.5 Å². The zero-order chi connectivity index (χ0) is 45.6. The van der Waals surface area contributed by atoms with Crippen molar-refractivity contribution in [2.75, 3.05) is 20.3 Å². The fraction of sp³-hybridized carbons (Fsp3) is 0.786. The third-order valence-electron chi connectivity index (χ3n) is 23.2. The van der Waals surface area contributed by atoms with E-state index in [9.17, 15) is 35.1 Å². The summed E-state index contributed by atoms with van der Waals surface area (Å²) in [6.07, 6.45) is 16.8. The summed E-state index contributed by atoms with van der Waals surface area (Å²) in [5.74, 6) is 6.29. The molecular weight excluding hydrogens is 831 g/mol. The number of aliphatic hydroxyl groups is 5. The highest BCUT2D eigenvalue weighted by Gasteiger charge is 2.87. The van der Waals surface area contributed by atoms with E-state index >= 15 is 0 Å². The minimum Gasteiger partial charge on any atom is -0.454 e. The number of rotatable bonds is 6. The predicted octanol–water partition coefficient (Wildman–Crippen LogP) is 6.34. The van der Waals surface area contributed by atoms with E-state index in [0.29, 0.717) is 81.6 Å². The van der Waals surface area contributed by atoms with Gasteiger partial charge < -0.3 is 45.1 Å². The highest BCUT2D eigenvalue weighted by atomic mass is 16.5. The molecule has 9 fully saturated rings. The van der Waals surface area contributed by atoms with Crippen molar-refractivity contribution in [1.29, 1.82) is 0 Å². The predicted molar refractivity (Wildman–Crippen MR) is 246 cm³/mol. The molecule has 0 amide bonds. The second kappa shape index (κ2) is 15.4. The van der Waals surface area contributed by atoms with Gasteiger partial charge in [0.25, 0.3) is 0 Å². The molecule has 0 aromatic heterocycles. The first-order chi connectivity index (χ1) is 31.8. The number of esters is 1. The molecule has 66 heavy (non-hydrogen) atoms. The summed E-state index contributed by atoms with van der Waals surface area (Å²) in [6.45, 7) is 2.65. The molecule has 10 heteroatoms. The van der Waals surface area contributed by atoms with Crippen LogP contribution in [-0.2, 0) is 32.1 Å². The van der Waals surface area contributed by atoms with E-state index in [1.165, 1.54) is 25.7 Å². The van der Waals surface area contributed by atoms with E-state index in [1.54, 1.807) is 6.08 Å². The number of carbonyl (C=O) groups is 2. The van der Waals surface area contributed by atoms with Crippen LogP contribution in [0.15, 0.2) is 29.8 Å². The maximum Gasteiger partial charge on any atom is 0.331 e. The summed E-state index contributed by atoms with van der Waals surface area (Å²) in [4.78, 5) is 28.8. The number of aldehydes is 1. The molecule has 2 heterocycles. The summed E-state index contributed by atoms with van der Waals surface area (Å²) in [6, 6.07) is 5.66. The molecule has 1 aromatic rings. The Hall–Kier alpha value is -2.62. The van der Waals surface area contributed by atoms with Crippen molar-refractivity contribution in [3.8, 4) is 11.8 Å². The molecule has 10 aliphatic carbocycles. The fourth-order valence-corrected chi connectivity index (χ4v) is 20.6. The number of benzene rings is 1. The van der Waals surface area contributed by atoms with Gasteiger partial charge in [-0.1, -0.05) is 63.0 Å². The van der Waals surface area contributed by atoms with E-state index in [4.69, 9.17) is 9.47 Å². The number of hydrogen-bond donors (Lipinski definition) is 6. The van der Waals surface area contributed by atoms with Gasteiger partial charge in [0, 0.05) is 64.7 Å². The normalized spacial score (nSPS) is 50.4. The maximum absolute atomic E-state index is 15.0. The summed E-state index contributed by atoms with van der Waals surface area (Å²) >= 11 is 0. The van der Waals surface area contributed by atoms with Gasteiger partial charge in [0.15, 0.2) is 0 Å². The quantitative estimate of drug-likeness (QED) is 0.108. The number of nitrogens with one attached hydrogen (secondary N) is 1. The van der Waals surface area contributed by atoms with Crippen molar-refractivity contribution in [2.24, 2.45) is 74.9 Å². The van der Waals surface area contributed by atoms with E-state index in [0.717, 1.165) is 67.1 Å². The number of fused-ring (bicyclic) bond motifs is 7. The van der Waals surface area contributed by atoms with Gasteiger partial charge >= 0.3 is 5.97 Å². The third kappa shape index (κ3) is 5.36. The molecule has 18 atom stereocenters. The first-order valence-corrected chi connectivity index (χ1v) is 26.5. The smallest absolute Gasteiger partial charge is 0.331 e. The molecular formula is C56H75NO9. The van der Waals surface area contributed by atoms with Crippen molar-refractivity contribution in [1.82, 2.24) is 5.32 Å². The lowest BCUT2D eigenvalue weighted by atomic mass is 9.32. The number of aliphatic hydroxyl groups excluding tert-OH is 2. The van der Waals surface area contributed by atoms with Crippen LogP contribution < -0.4 is 5.32 Å². The second-order valence-corrected chi connectivity index (χ2v) is 24.4. The molecule has 0 radical (unpaired) electrons. The van der Waals surface area contributed by atoms with Crippen LogP contribution in [0.4, 0.5) is 0 Å². The molecule has 8 saturated carbocycles. The number of carbonyl (C=O) groups excluding carboxylic acids is 2. The summed E-state index contributed by atoms with van der Waals surface area (Å²) in [5, 5.41) is 70.2. The van der Waals surface area contributed by atoms with E-state index in [1.807, 2.05) is 25.2 Å². The number of hydrogen-bond acceptors (Lipinski definition) is 10. The Morgan fingerprint density at radius 3 is 2.53 bits per heavy atom. The van der Waals surface area contributed by atoms with Crippen LogP contribution in [0, 0.1) is 86.8 Å². The van der Waals surface area contributed by atoms with Gasteiger partial charge in [-0.2, -0.15) is 0 Å². The van der Waals surface area contributed by atoms with Gasteiger partial charge in [-0.05, 0) is 155 Å². The minimum atomic E-state index is -1.80. The lowest BCUT2D eigenvalue weighted by Gasteiger charge is -2.75. The SMILES string of the molecule is CNC1Cc2c(cccc2CO)C#CCCC23CCC4C(O)(CC5CC(C(C)C6CCCC6)CCC6C7OCCC8CCCC87CC4(C=O)C56O)C2(O)CC2CC1C1OC(=O)C=C1C23CO. The molecule has 2 aliphatic heterocycles. The molecule has 358 valence electrons. The lowest BCUT2D eigenvalue weighted by Crippen LogP contribution is -2.83. The van der Waals surface area contributed by atoms with Crippen molar-refractivity contribution in [3.63, 3.8) is 0 Å². The largest absolute Gasteiger partial charge is 0.454 e. The Labute approximate surface area is 391 Å². The fourth-order valence-electron chi connectivity index (χ4n) is 20.6. The van der Waals surface area contributed by atoms with Crippen LogP contribution in [0.3, 0.4) is 0 Å². The molecule has 10 nitrogen and oxygen atoms in total. The Morgan fingerprint density at radius 1 is 0.924 bits per heavy atom. The second-order valence-electron chi connectivity index (χ2n) is 24.4. The molecule has 6 N–H and O–H groups in total. The Morgan fingerprint density at radius 2 is 1.76 bits per heavy atom. The van der Waals surface area contributed by atoms with Gasteiger partial charge in [-0.15, -0.1) is 0 Å². The molecule has 4 bridgehead atoms. The van der Waals surface area contributed by atoms with Crippen LogP contribution in [0.5, 0.6) is 0 Å². The van der Waals surface area contributed by atoms with Gasteiger partial charge in [-0.25, -0.2) is 4.79 Å². The van der Waals surface area contributed by atoms with Crippen LogP contribution in [0.25, 0.3) is 0 Å².